The van der Waals surface area contributed by atoms with Gasteiger partial charge in [-0.2, -0.15) is 0 Å². The van der Waals surface area contributed by atoms with E-state index in [-0.39, 0.29) is 11.9 Å². The Labute approximate surface area is 124 Å². The molecule has 0 unspecified atom stereocenters. The monoisotopic (exact) mass is 285 g/mol. The van der Waals surface area contributed by atoms with Gasteiger partial charge in [0.1, 0.15) is 5.76 Å². The summed E-state index contributed by atoms with van der Waals surface area (Å²) in [6.07, 6.45) is 3.39. The van der Waals surface area contributed by atoms with Crippen LogP contribution in [0.3, 0.4) is 0 Å². The first-order chi connectivity index (χ1) is 10.1. The van der Waals surface area contributed by atoms with Crippen molar-refractivity contribution in [1.82, 2.24) is 4.98 Å². The van der Waals surface area contributed by atoms with Crippen LogP contribution in [0.2, 0.25) is 0 Å². The molecule has 0 aromatic carbocycles. The van der Waals surface area contributed by atoms with Crippen LogP contribution in [-0.2, 0) is 17.6 Å². The van der Waals surface area contributed by atoms with Gasteiger partial charge in [0.05, 0.1) is 29.8 Å². The van der Waals surface area contributed by atoms with Crippen molar-refractivity contribution in [2.45, 2.75) is 39.5 Å². The van der Waals surface area contributed by atoms with Crippen LogP contribution in [0.4, 0.5) is 0 Å². The lowest BCUT2D eigenvalue weighted by Gasteiger charge is -2.19. The lowest BCUT2D eigenvalue weighted by molar-refractivity contribution is 0.0524. The molecule has 4 heteroatoms. The Bertz CT molecular complexity index is 685. The zero-order valence-corrected chi connectivity index (χ0v) is 12.6. The van der Waals surface area contributed by atoms with E-state index in [0.717, 1.165) is 41.1 Å². The Kier molecular flexibility index (Phi) is 3.53. The summed E-state index contributed by atoms with van der Waals surface area (Å²) >= 11 is 0. The van der Waals surface area contributed by atoms with Gasteiger partial charge in [0.25, 0.3) is 0 Å². The van der Waals surface area contributed by atoms with Gasteiger partial charge in [-0.1, -0.05) is 13.8 Å². The fourth-order valence-corrected chi connectivity index (χ4v) is 2.80. The minimum atomic E-state index is -0.283. The fourth-order valence-electron chi connectivity index (χ4n) is 2.80. The number of esters is 1. The van der Waals surface area contributed by atoms with E-state index in [1.165, 1.54) is 0 Å². The van der Waals surface area contributed by atoms with Crippen molar-refractivity contribution in [3.63, 3.8) is 0 Å². The summed E-state index contributed by atoms with van der Waals surface area (Å²) in [6.45, 7) is 6.27. The number of aryl methyl sites for hydroxylation is 2. The molecule has 1 aliphatic rings. The van der Waals surface area contributed by atoms with Crippen molar-refractivity contribution in [3.8, 4) is 11.3 Å². The number of ether oxygens (including phenoxy) is 1. The van der Waals surface area contributed by atoms with Crippen molar-refractivity contribution >= 4 is 5.97 Å². The maximum atomic E-state index is 12.2. The predicted octanol–water partition coefficient (Wildman–Crippen LogP) is 3.74. The molecular formula is C17H19NO3. The van der Waals surface area contributed by atoms with Gasteiger partial charge in [-0.05, 0) is 37.0 Å². The number of nitrogens with zero attached hydrogens (tertiary/aromatic N) is 1. The largest absolute Gasteiger partial charge is 0.469 e. The molecule has 0 aliphatic heterocycles. The van der Waals surface area contributed by atoms with Crippen LogP contribution in [-0.4, -0.2) is 17.6 Å². The molecule has 21 heavy (non-hydrogen) atoms. The standard InChI is InChI=1S/C17H19NO3/c1-4-20-17(19)13-9-11-5-6-14-12(7-8-21-14)16(11)18-15(13)10(2)3/h7-10H,4-6H2,1-3H3. The highest BCUT2D eigenvalue weighted by atomic mass is 16.5. The van der Waals surface area contributed by atoms with Gasteiger partial charge in [0, 0.05) is 12.0 Å². The van der Waals surface area contributed by atoms with E-state index < -0.39 is 0 Å². The van der Waals surface area contributed by atoms with Gasteiger partial charge < -0.3 is 9.15 Å². The molecule has 0 saturated heterocycles. The SMILES string of the molecule is CCOC(=O)c1cc2c(nc1C(C)C)-c1ccoc1CC2. The Morgan fingerprint density at radius 3 is 2.95 bits per heavy atom. The van der Waals surface area contributed by atoms with E-state index in [2.05, 4.69) is 0 Å². The Balaban J connectivity index is 2.15. The average Bonchev–Trinajstić information content (AvgIpc) is 2.94. The van der Waals surface area contributed by atoms with Gasteiger partial charge in [-0.15, -0.1) is 0 Å². The summed E-state index contributed by atoms with van der Waals surface area (Å²) in [5.74, 6) is 0.857. The molecule has 0 amide bonds. The number of aromatic nitrogens is 1. The van der Waals surface area contributed by atoms with Gasteiger partial charge >= 0.3 is 5.97 Å². The second kappa shape index (κ2) is 5.35. The minimum absolute atomic E-state index is 0.159. The zero-order chi connectivity index (χ0) is 15.0. The van der Waals surface area contributed by atoms with Crippen LogP contribution < -0.4 is 0 Å². The second-order valence-electron chi connectivity index (χ2n) is 5.56. The highest BCUT2D eigenvalue weighted by Crippen LogP contribution is 2.35. The normalized spacial score (nSPS) is 13.0. The van der Waals surface area contributed by atoms with Crippen molar-refractivity contribution in [3.05, 3.63) is 41.0 Å². The summed E-state index contributed by atoms with van der Waals surface area (Å²) in [5.41, 5.74) is 4.48. The van der Waals surface area contributed by atoms with Crippen molar-refractivity contribution in [2.24, 2.45) is 0 Å². The number of hydrogen-bond acceptors (Lipinski definition) is 4. The first kappa shape index (κ1) is 13.9. The summed E-state index contributed by atoms with van der Waals surface area (Å²) in [6, 6.07) is 3.90. The molecule has 4 nitrogen and oxygen atoms in total. The highest BCUT2D eigenvalue weighted by Gasteiger charge is 2.25. The number of fused-ring (bicyclic) bond motifs is 3. The maximum Gasteiger partial charge on any atom is 0.339 e. The van der Waals surface area contributed by atoms with Crippen LogP contribution in [0.1, 0.15) is 54.1 Å². The van der Waals surface area contributed by atoms with E-state index in [9.17, 15) is 4.79 Å². The number of pyridine rings is 1. The lowest BCUT2D eigenvalue weighted by atomic mass is 9.91. The van der Waals surface area contributed by atoms with Crippen LogP contribution in [0.5, 0.6) is 0 Å². The Morgan fingerprint density at radius 1 is 1.43 bits per heavy atom. The molecule has 3 rings (SSSR count). The Morgan fingerprint density at radius 2 is 2.24 bits per heavy atom. The van der Waals surface area contributed by atoms with Crippen molar-refractivity contribution in [2.75, 3.05) is 6.61 Å². The number of hydrogen-bond donors (Lipinski definition) is 0. The molecule has 0 radical (unpaired) electrons. The molecule has 1 aliphatic carbocycles. The lowest BCUT2D eigenvalue weighted by Crippen LogP contribution is -2.15. The zero-order valence-electron chi connectivity index (χ0n) is 12.6. The average molecular weight is 285 g/mol. The van der Waals surface area contributed by atoms with Gasteiger partial charge in [0.2, 0.25) is 0 Å². The molecular weight excluding hydrogens is 266 g/mol. The van der Waals surface area contributed by atoms with Crippen LogP contribution in [0, 0.1) is 0 Å². The topological polar surface area (TPSA) is 52.3 Å². The second-order valence-corrected chi connectivity index (χ2v) is 5.56. The third-order valence-corrected chi connectivity index (χ3v) is 3.80. The van der Waals surface area contributed by atoms with E-state index in [0.29, 0.717) is 12.2 Å². The summed E-state index contributed by atoms with van der Waals surface area (Å²) in [5, 5.41) is 0. The molecule has 0 spiro atoms. The van der Waals surface area contributed by atoms with Gasteiger partial charge in [0.15, 0.2) is 0 Å². The molecule has 0 N–H and O–H groups in total. The molecule has 110 valence electrons. The van der Waals surface area contributed by atoms with Crippen LogP contribution in [0.15, 0.2) is 22.8 Å². The van der Waals surface area contributed by atoms with E-state index in [4.69, 9.17) is 14.1 Å². The smallest absolute Gasteiger partial charge is 0.339 e. The summed E-state index contributed by atoms with van der Waals surface area (Å²) in [4.78, 5) is 16.9. The predicted molar refractivity (Wildman–Crippen MR) is 79.4 cm³/mol. The molecule has 0 fully saturated rings. The highest BCUT2D eigenvalue weighted by molar-refractivity contribution is 5.92. The first-order valence-corrected chi connectivity index (χ1v) is 7.39. The Hall–Kier alpha value is -2.10. The van der Waals surface area contributed by atoms with Crippen LogP contribution in [0.25, 0.3) is 11.3 Å². The third-order valence-electron chi connectivity index (χ3n) is 3.80. The quantitative estimate of drug-likeness (QED) is 0.806. The van der Waals surface area contributed by atoms with E-state index in [1.54, 1.807) is 6.26 Å². The number of furan rings is 1. The number of carbonyl (C=O) groups excluding carboxylic acids is 1. The summed E-state index contributed by atoms with van der Waals surface area (Å²) in [7, 11) is 0. The molecule has 2 aromatic rings. The molecule has 2 aromatic heterocycles. The van der Waals surface area contributed by atoms with Gasteiger partial charge in [-0.3, -0.25) is 4.98 Å². The molecule has 0 bridgehead atoms. The van der Waals surface area contributed by atoms with E-state index >= 15 is 0 Å². The number of carbonyl (C=O) groups is 1. The molecule has 2 heterocycles. The first-order valence-electron chi connectivity index (χ1n) is 7.39. The molecule has 0 atom stereocenters. The third kappa shape index (κ3) is 2.35. The molecule has 0 saturated carbocycles. The van der Waals surface area contributed by atoms with Crippen molar-refractivity contribution < 1.29 is 13.9 Å². The minimum Gasteiger partial charge on any atom is -0.469 e. The van der Waals surface area contributed by atoms with E-state index in [1.807, 2.05) is 32.9 Å². The van der Waals surface area contributed by atoms with Crippen LogP contribution >= 0.6 is 0 Å². The maximum absolute atomic E-state index is 12.2. The van der Waals surface area contributed by atoms with Gasteiger partial charge in [-0.25, -0.2) is 4.79 Å². The number of rotatable bonds is 3. The summed E-state index contributed by atoms with van der Waals surface area (Å²) < 4.78 is 10.7. The fraction of sp³-hybridized carbons (Fsp3) is 0.412. The van der Waals surface area contributed by atoms with Crippen molar-refractivity contribution in [1.29, 1.82) is 0 Å².